The second-order valence-corrected chi connectivity index (χ2v) is 11.3. The number of aliphatic hydroxyl groups is 1. The fourth-order valence-electron chi connectivity index (χ4n) is 5.43. The van der Waals surface area contributed by atoms with E-state index in [2.05, 4.69) is 9.88 Å². The second kappa shape index (κ2) is 12.3. The third kappa shape index (κ3) is 6.62. The molecule has 2 N–H and O–H groups in total. The van der Waals surface area contributed by atoms with E-state index in [1.165, 1.54) is 0 Å². The molecule has 3 aromatic rings. The number of aromatic nitrogens is 3. The number of aliphatic hydroxyl groups excluding tert-OH is 1. The van der Waals surface area contributed by atoms with Gasteiger partial charge in [0, 0.05) is 57.5 Å². The number of rotatable bonds is 9. The van der Waals surface area contributed by atoms with Gasteiger partial charge in [-0.25, -0.2) is 4.98 Å². The molecule has 216 valence electrons. The molecule has 0 radical (unpaired) electrons. The molecule has 1 aliphatic rings. The number of amides is 1. The van der Waals surface area contributed by atoms with Gasteiger partial charge in [-0.15, -0.1) is 0 Å². The maximum absolute atomic E-state index is 12.5. The highest BCUT2D eigenvalue weighted by Crippen LogP contribution is 2.29. The Hall–Kier alpha value is -3.50. The summed E-state index contributed by atoms with van der Waals surface area (Å²) in [7, 11) is 1.74. The monoisotopic (exact) mass is 551 g/mol. The van der Waals surface area contributed by atoms with Gasteiger partial charge in [-0.3, -0.25) is 19.7 Å². The van der Waals surface area contributed by atoms with Crippen molar-refractivity contribution >= 4 is 22.9 Å². The van der Waals surface area contributed by atoms with Crippen molar-refractivity contribution in [2.45, 2.75) is 78.8 Å². The first-order chi connectivity index (χ1) is 18.9. The molecule has 3 atom stereocenters. The first-order valence-corrected chi connectivity index (χ1v) is 14.0. The average molecular weight is 552 g/mol. The molecule has 1 aliphatic heterocycles. The Morgan fingerprint density at radius 2 is 1.98 bits per heavy atom. The Labute approximate surface area is 235 Å². The summed E-state index contributed by atoms with van der Waals surface area (Å²) in [5.74, 6) is 0.623. The first-order valence-electron chi connectivity index (χ1n) is 14.0. The number of imidazole rings is 1. The lowest BCUT2D eigenvalue weighted by molar-refractivity contribution is -0.152. The van der Waals surface area contributed by atoms with E-state index in [-0.39, 0.29) is 23.5 Å². The molecule has 1 aromatic carbocycles. The standard InChI is InChI=1S/C30H41N5O5/c1-18(2)40-30(39)27(20(4)36)31-14-22-9-10-25-26(13-22)35(16-23-8-7-11-34(15-23)21(5)37)28(32-25)24-12-19(3)29(38)33(6)17-24/h9-10,12-13,17-18,20,23,27,31,36H,7-8,11,14-16H2,1-6H3/t20-,23+,27-/m0/s1. The number of ether oxygens (including phenoxy) is 1. The summed E-state index contributed by atoms with van der Waals surface area (Å²) < 4.78 is 9.08. The highest BCUT2D eigenvalue weighted by Gasteiger charge is 2.27. The zero-order valence-electron chi connectivity index (χ0n) is 24.3. The predicted molar refractivity (Wildman–Crippen MR) is 154 cm³/mol. The maximum Gasteiger partial charge on any atom is 0.326 e. The Balaban J connectivity index is 1.71. The van der Waals surface area contributed by atoms with E-state index in [9.17, 15) is 19.5 Å². The minimum atomic E-state index is -0.921. The van der Waals surface area contributed by atoms with Crippen LogP contribution in [0.5, 0.6) is 0 Å². The van der Waals surface area contributed by atoms with Crippen LogP contribution < -0.4 is 10.9 Å². The lowest BCUT2D eigenvalue weighted by atomic mass is 9.97. The van der Waals surface area contributed by atoms with Crippen LogP contribution in [0, 0.1) is 12.8 Å². The molecule has 0 bridgehead atoms. The van der Waals surface area contributed by atoms with Crippen LogP contribution in [0.3, 0.4) is 0 Å². The topological polar surface area (TPSA) is 119 Å². The predicted octanol–water partition coefficient (Wildman–Crippen LogP) is 2.76. The second-order valence-electron chi connectivity index (χ2n) is 11.3. The van der Waals surface area contributed by atoms with E-state index in [0.29, 0.717) is 25.2 Å². The summed E-state index contributed by atoms with van der Waals surface area (Å²) in [5, 5.41) is 13.3. The van der Waals surface area contributed by atoms with E-state index in [4.69, 9.17) is 9.72 Å². The van der Waals surface area contributed by atoms with E-state index >= 15 is 0 Å². The van der Waals surface area contributed by atoms with Crippen LogP contribution in [-0.2, 0) is 34.5 Å². The van der Waals surface area contributed by atoms with Crippen LogP contribution in [0.15, 0.2) is 35.3 Å². The third-order valence-corrected chi connectivity index (χ3v) is 7.45. The van der Waals surface area contributed by atoms with Crippen molar-refractivity contribution in [1.29, 1.82) is 0 Å². The van der Waals surface area contributed by atoms with E-state index in [1.807, 2.05) is 35.4 Å². The quantitative estimate of drug-likeness (QED) is 0.393. The number of piperidine rings is 1. The van der Waals surface area contributed by atoms with Gasteiger partial charge in [-0.1, -0.05) is 6.07 Å². The summed E-state index contributed by atoms with van der Waals surface area (Å²) in [6, 6.07) is 6.97. The Kier molecular flexibility index (Phi) is 9.10. The summed E-state index contributed by atoms with van der Waals surface area (Å²) in [4.78, 5) is 43.9. The van der Waals surface area contributed by atoms with E-state index in [1.54, 1.807) is 46.2 Å². The van der Waals surface area contributed by atoms with Crippen LogP contribution in [0.25, 0.3) is 22.4 Å². The van der Waals surface area contributed by atoms with Crippen LogP contribution >= 0.6 is 0 Å². The van der Waals surface area contributed by atoms with Gasteiger partial charge in [0.25, 0.3) is 5.56 Å². The largest absolute Gasteiger partial charge is 0.462 e. The Morgan fingerprint density at radius 1 is 1.23 bits per heavy atom. The summed E-state index contributed by atoms with van der Waals surface area (Å²) in [6.45, 7) is 11.0. The number of fused-ring (bicyclic) bond motifs is 1. The fraction of sp³-hybridized carbons (Fsp3) is 0.533. The van der Waals surface area contributed by atoms with Crippen molar-refractivity contribution in [2.24, 2.45) is 13.0 Å². The number of esters is 1. The van der Waals surface area contributed by atoms with Crippen LogP contribution in [-0.4, -0.2) is 67.3 Å². The van der Waals surface area contributed by atoms with Gasteiger partial charge >= 0.3 is 5.97 Å². The molecule has 40 heavy (non-hydrogen) atoms. The first kappa shape index (κ1) is 29.5. The minimum Gasteiger partial charge on any atom is -0.462 e. The number of likely N-dealkylation sites (tertiary alicyclic amines) is 1. The van der Waals surface area contributed by atoms with Gasteiger partial charge in [0.1, 0.15) is 11.9 Å². The number of benzene rings is 1. The fourth-order valence-corrected chi connectivity index (χ4v) is 5.43. The summed E-state index contributed by atoms with van der Waals surface area (Å²) in [6.07, 6.45) is 2.57. The number of nitrogens with zero attached hydrogens (tertiary/aromatic N) is 4. The van der Waals surface area contributed by atoms with E-state index < -0.39 is 18.1 Å². The lowest BCUT2D eigenvalue weighted by Crippen LogP contribution is -2.46. The molecule has 2 aromatic heterocycles. The van der Waals surface area contributed by atoms with Gasteiger partial charge in [0.15, 0.2) is 0 Å². The summed E-state index contributed by atoms with van der Waals surface area (Å²) >= 11 is 0. The number of aryl methyl sites for hydroxylation is 2. The number of pyridine rings is 1. The molecule has 10 heteroatoms. The SMILES string of the molecule is CC(=O)N1CCC[C@@H](Cn2c(-c3cc(C)c(=O)n(C)c3)nc3ccc(CN[C@H](C(=O)OC(C)C)[C@H](C)O)cc32)C1. The van der Waals surface area contributed by atoms with Gasteiger partial charge < -0.3 is 23.9 Å². The number of carbonyl (C=O) groups is 2. The smallest absolute Gasteiger partial charge is 0.326 e. The molecule has 1 saturated heterocycles. The van der Waals surface area contributed by atoms with Crippen LogP contribution in [0.4, 0.5) is 0 Å². The average Bonchev–Trinajstić information content (AvgIpc) is 3.24. The molecule has 1 amide bonds. The van der Waals surface area contributed by atoms with Crippen molar-refractivity contribution in [1.82, 2.24) is 24.3 Å². The zero-order chi connectivity index (χ0) is 29.1. The highest BCUT2D eigenvalue weighted by molar-refractivity contribution is 5.81. The normalized spacial score (nSPS) is 17.3. The summed E-state index contributed by atoms with van der Waals surface area (Å²) in [5.41, 5.74) is 4.11. The van der Waals surface area contributed by atoms with Crippen molar-refractivity contribution in [3.8, 4) is 11.4 Å². The molecular weight excluding hydrogens is 510 g/mol. The van der Waals surface area contributed by atoms with E-state index in [0.717, 1.165) is 47.4 Å². The Bertz CT molecular complexity index is 1410. The molecule has 4 rings (SSSR count). The van der Waals surface area contributed by atoms with Gasteiger partial charge in [-0.05, 0) is 70.2 Å². The molecule has 0 saturated carbocycles. The van der Waals surface area contributed by atoms with Gasteiger partial charge in [0.2, 0.25) is 5.91 Å². The molecule has 0 aliphatic carbocycles. The number of carbonyl (C=O) groups excluding carboxylic acids is 2. The van der Waals surface area contributed by atoms with Crippen molar-refractivity contribution in [2.75, 3.05) is 13.1 Å². The van der Waals surface area contributed by atoms with Crippen molar-refractivity contribution < 1.29 is 19.4 Å². The van der Waals surface area contributed by atoms with Crippen LogP contribution in [0.1, 0.15) is 51.7 Å². The highest BCUT2D eigenvalue weighted by atomic mass is 16.5. The maximum atomic E-state index is 12.5. The Morgan fingerprint density at radius 3 is 2.62 bits per heavy atom. The lowest BCUT2D eigenvalue weighted by Gasteiger charge is -2.32. The molecule has 10 nitrogen and oxygen atoms in total. The third-order valence-electron chi connectivity index (χ3n) is 7.45. The number of nitrogens with one attached hydrogen (secondary N) is 1. The number of hydrogen-bond acceptors (Lipinski definition) is 7. The molecular formula is C30H41N5O5. The van der Waals surface area contributed by atoms with Gasteiger partial charge in [-0.2, -0.15) is 0 Å². The van der Waals surface area contributed by atoms with Gasteiger partial charge in [0.05, 0.1) is 23.2 Å². The minimum absolute atomic E-state index is 0.0483. The molecule has 0 unspecified atom stereocenters. The molecule has 1 fully saturated rings. The number of hydrogen-bond donors (Lipinski definition) is 2. The molecule has 0 spiro atoms. The van der Waals surface area contributed by atoms with Crippen molar-refractivity contribution in [3.05, 3.63) is 51.9 Å². The van der Waals surface area contributed by atoms with Crippen LogP contribution in [0.2, 0.25) is 0 Å². The zero-order valence-corrected chi connectivity index (χ0v) is 24.3. The van der Waals surface area contributed by atoms with Crippen molar-refractivity contribution in [3.63, 3.8) is 0 Å². The molecule has 3 heterocycles.